The Kier molecular flexibility index (Phi) is 3.37. The third kappa shape index (κ3) is 2.27. The van der Waals surface area contributed by atoms with Gasteiger partial charge in [0.2, 0.25) is 0 Å². The summed E-state index contributed by atoms with van der Waals surface area (Å²) in [6.45, 7) is 4.96. The summed E-state index contributed by atoms with van der Waals surface area (Å²) < 4.78 is 1.82. The highest BCUT2D eigenvalue weighted by molar-refractivity contribution is 5.72. The summed E-state index contributed by atoms with van der Waals surface area (Å²) in [7, 11) is 1.92. The number of nitrogens with one attached hydrogen (secondary N) is 1. The molecule has 0 bridgehead atoms. The van der Waals surface area contributed by atoms with Crippen LogP contribution in [0.2, 0.25) is 0 Å². The number of anilines is 1. The van der Waals surface area contributed by atoms with Crippen LogP contribution in [0.15, 0.2) is 18.6 Å². The van der Waals surface area contributed by atoms with E-state index in [-0.39, 0.29) is 0 Å². The lowest BCUT2D eigenvalue weighted by atomic mass is 10.1. The molecule has 5 nitrogen and oxygen atoms in total. The van der Waals surface area contributed by atoms with Crippen molar-refractivity contribution in [1.29, 1.82) is 0 Å². The number of aromatic nitrogens is 4. The molecule has 2 heterocycles. The Morgan fingerprint density at radius 3 is 2.71 bits per heavy atom. The van der Waals surface area contributed by atoms with Crippen LogP contribution < -0.4 is 5.32 Å². The zero-order chi connectivity index (χ0) is 12.3. The third-order valence-electron chi connectivity index (χ3n) is 2.54. The second-order valence-electron chi connectivity index (χ2n) is 3.80. The van der Waals surface area contributed by atoms with E-state index in [4.69, 9.17) is 0 Å². The van der Waals surface area contributed by atoms with Gasteiger partial charge >= 0.3 is 0 Å². The Bertz CT molecular complexity index is 503. The lowest BCUT2D eigenvalue weighted by molar-refractivity contribution is 0.746. The highest BCUT2D eigenvalue weighted by Crippen LogP contribution is 2.26. The maximum atomic E-state index is 4.43. The van der Waals surface area contributed by atoms with Crippen LogP contribution in [-0.2, 0) is 13.5 Å². The molecule has 0 aromatic carbocycles. The molecule has 1 N–H and O–H groups in total. The highest BCUT2D eigenvalue weighted by atomic mass is 15.3. The topological polar surface area (TPSA) is 55.6 Å². The molecule has 5 heteroatoms. The average molecular weight is 231 g/mol. The van der Waals surface area contributed by atoms with Gasteiger partial charge in [-0.15, -0.1) is 0 Å². The van der Waals surface area contributed by atoms with E-state index in [0.717, 1.165) is 35.7 Å². The van der Waals surface area contributed by atoms with Gasteiger partial charge in [0, 0.05) is 37.7 Å². The van der Waals surface area contributed by atoms with E-state index < -0.39 is 0 Å². The largest absolute Gasteiger partial charge is 0.369 e. The second kappa shape index (κ2) is 4.95. The van der Waals surface area contributed by atoms with Crippen molar-refractivity contribution in [3.05, 3.63) is 24.3 Å². The van der Waals surface area contributed by atoms with E-state index in [1.165, 1.54) is 0 Å². The minimum absolute atomic E-state index is 0.817. The molecule has 2 aromatic rings. The Hall–Kier alpha value is -1.91. The van der Waals surface area contributed by atoms with E-state index in [0.29, 0.717) is 0 Å². The van der Waals surface area contributed by atoms with Crippen molar-refractivity contribution in [3.8, 4) is 11.3 Å². The summed E-state index contributed by atoms with van der Waals surface area (Å²) in [6, 6.07) is 0. The van der Waals surface area contributed by atoms with Gasteiger partial charge in [-0.05, 0) is 13.3 Å². The highest BCUT2D eigenvalue weighted by Gasteiger charge is 2.13. The molecule has 0 atom stereocenters. The SMILES string of the molecule is CCNc1nccnc1-c1cn(C)nc1CC. The molecule has 0 unspecified atom stereocenters. The quantitative estimate of drug-likeness (QED) is 0.872. The Morgan fingerprint density at radius 2 is 2.00 bits per heavy atom. The zero-order valence-corrected chi connectivity index (χ0v) is 10.4. The lowest BCUT2D eigenvalue weighted by Gasteiger charge is -2.07. The molecule has 2 rings (SSSR count). The van der Waals surface area contributed by atoms with Crippen molar-refractivity contribution in [1.82, 2.24) is 19.7 Å². The van der Waals surface area contributed by atoms with Gasteiger partial charge in [-0.25, -0.2) is 4.98 Å². The summed E-state index contributed by atoms with van der Waals surface area (Å²) in [6.07, 6.45) is 6.29. The molecule has 0 aliphatic rings. The first-order valence-electron chi connectivity index (χ1n) is 5.84. The number of hydrogen-bond acceptors (Lipinski definition) is 4. The predicted octanol–water partition coefficient (Wildman–Crippen LogP) is 1.87. The fourth-order valence-electron chi connectivity index (χ4n) is 1.83. The van der Waals surface area contributed by atoms with Crippen molar-refractivity contribution < 1.29 is 0 Å². The molecule has 0 spiro atoms. The van der Waals surface area contributed by atoms with Crippen molar-refractivity contribution >= 4 is 5.82 Å². The summed E-state index contributed by atoms with van der Waals surface area (Å²) in [5, 5.41) is 7.65. The van der Waals surface area contributed by atoms with Crippen molar-refractivity contribution in [2.75, 3.05) is 11.9 Å². The molecule has 0 aliphatic heterocycles. The van der Waals surface area contributed by atoms with Gasteiger partial charge in [0.25, 0.3) is 0 Å². The van der Waals surface area contributed by atoms with Gasteiger partial charge in [-0.2, -0.15) is 5.10 Å². The van der Waals surface area contributed by atoms with Crippen LogP contribution in [0.5, 0.6) is 0 Å². The van der Waals surface area contributed by atoms with Crippen LogP contribution in [0.3, 0.4) is 0 Å². The maximum Gasteiger partial charge on any atom is 0.152 e. The van der Waals surface area contributed by atoms with E-state index >= 15 is 0 Å². The summed E-state index contributed by atoms with van der Waals surface area (Å²) >= 11 is 0. The molecule has 0 aliphatic carbocycles. The summed E-state index contributed by atoms with van der Waals surface area (Å²) in [4.78, 5) is 8.73. The van der Waals surface area contributed by atoms with Crippen LogP contribution in [0.25, 0.3) is 11.3 Å². The summed E-state index contributed by atoms with van der Waals surface area (Å²) in [5.74, 6) is 0.817. The van der Waals surface area contributed by atoms with E-state index in [2.05, 4.69) is 27.3 Å². The maximum absolute atomic E-state index is 4.43. The molecule has 0 radical (unpaired) electrons. The van der Waals surface area contributed by atoms with Crippen LogP contribution in [0.1, 0.15) is 19.5 Å². The molecule has 0 amide bonds. The minimum Gasteiger partial charge on any atom is -0.369 e. The predicted molar refractivity (Wildman–Crippen MR) is 67.8 cm³/mol. The van der Waals surface area contributed by atoms with E-state index in [1.54, 1.807) is 12.4 Å². The van der Waals surface area contributed by atoms with Crippen LogP contribution in [0, 0.1) is 0 Å². The lowest BCUT2D eigenvalue weighted by Crippen LogP contribution is -2.02. The first kappa shape index (κ1) is 11.6. The minimum atomic E-state index is 0.817. The molecule has 0 saturated heterocycles. The first-order valence-corrected chi connectivity index (χ1v) is 5.84. The van der Waals surface area contributed by atoms with Crippen molar-refractivity contribution in [2.45, 2.75) is 20.3 Å². The van der Waals surface area contributed by atoms with Crippen LogP contribution >= 0.6 is 0 Å². The zero-order valence-electron chi connectivity index (χ0n) is 10.4. The average Bonchev–Trinajstić information content (AvgIpc) is 2.71. The molecule has 2 aromatic heterocycles. The van der Waals surface area contributed by atoms with Gasteiger partial charge in [0.05, 0.1) is 5.69 Å². The van der Waals surface area contributed by atoms with E-state index in [1.807, 2.05) is 24.9 Å². The van der Waals surface area contributed by atoms with Gasteiger partial charge < -0.3 is 5.32 Å². The summed E-state index contributed by atoms with van der Waals surface area (Å²) in [5.41, 5.74) is 2.98. The Morgan fingerprint density at radius 1 is 1.24 bits per heavy atom. The fraction of sp³-hybridized carbons (Fsp3) is 0.417. The van der Waals surface area contributed by atoms with Gasteiger partial charge in [0.15, 0.2) is 5.82 Å². The molecule has 90 valence electrons. The number of aryl methyl sites for hydroxylation is 2. The fourth-order valence-corrected chi connectivity index (χ4v) is 1.83. The number of hydrogen-bond donors (Lipinski definition) is 1. The van der Waals surface area contributed by atoms with Crippen LogP contribution in [-0.4, -0.2) is 26.3 Å². The Balaban J connectivity index is 2.51. The standard InChI is InChI=1S/C12H17N5/c1-4-10-9(8-17(3)16-10)11-12(13-5-2)15-7-6-14-11/h6-8H,4-5H2,1-3H3,(H,13,15). The molecular formula is C12H17N5. The number of nitrogens with zero attached hydrogens (tertiary/aromatic N) is 4. The smallest absolute Gasteiger partial charge is 0.152 e. The number of rotatable bonds is 4. The molecule has 0 fully saturated rings. The van der Waals surface area contributed by atoms with Gasteiger partial charge in [-0.3, -0.25) is 9.67 Å². The van der Waals surface area contributed by atoms with Crippen molar-refractivity contribution in [3.63, 3.8) is 0 Å². The third-order valence-corrected chi connectivity index (χ3v) is 2.54. The van der Waals surface area contributed by atoms with Crippen LogP contribution in [0.4, 0.5) is 5.82 Å². The molecular weight excluding hydrogens is 214 g/mol. The normalized spacial score (nSPS) is 10.5. The van der Waals surface area contributed by atoms with Gasteiger partial charge in [0.1, 0.15) is 5.69 Å². The monoisotopic (exact) mass is 231 g/mol. The molecule has 17 heavy (non-hydrogen) atoms. The Labute approximate surface area is 101 Å². The molecule has 0 saturated carbocycles. The second-order valence-corrected chi connectivity index (χ2v) is 3.80. The van der Waals surface area contributed by atoms with E-state index in [9.17, 15) is 0 Å². The van der Waals surface area contributed by atoms with Gasteiger partial charge in [-0.1, -0.05) is 6.92 Å². The van der Waals surface area contributed by atoms with Crippen molar-refractivity contribution in [2.24, 2.45) is 7.05 Å². The first-order chi connectivity index (χ1) is 8.26.